The SMILES string of the molecule is c1ccc(-c2nc(-c3ccc(-c4ccc(-c5ccccc5-c5cccc6c5oc5c(-c7ccccc7)cccc56)cc4)cc3)nc(-c3cccc4oc5ccccc5c34)n2)cc1.c1ccc(-c2nc(-c3cccc(-c4cccc(-c5cccc6c5sc5ccccc56)c4)c3)nc(-c3cccc4sc5ccccc5c34)n2)cc1. The van der Waals surface area contributed by atoms with E-state index in [9.17, 15) is 0 Å². The van der Waals surface area contributed by atoms with E-state index in [1.165, 1.54) is 51.5 Å². The molecule has 0 unspecified atom stereocenters. The van der Waals surface area contributed by atoms with Crippen LogP contribution in [0.4, 0.5) is 0 Å². The van der Waals surface area contributed by atoms with Crippen molar-refractivity contribution in [2.24, 2.45) is 0 Å². The summed E-state index contributed by atoms with van der Waals surface area (Å²) >= 11 is 3.66. The Morgan fingerprint density at radius 1 is 0.179 bits per heavy atom. The lowest BCUT2D eigenvalue weighted by atomic mass is 9.92. The van der Waals surface area contributed by atoms with Crippen LogP contribution in [0.2, 0.25) is 0 Å². The fraction of sp³-hybridized carbons (Fsp3) is 0. The molecule has 112 heavy (non-hydrogen) atoms. The third-order valence-electron chi connectivity index (χ3n) is 21.2. The van der Waals surface area contributed by atoms with Crippen molar-refractivity contribution >= 4 is 107 Å². The van der Waals surface area contributed by atoms with Crippen molar-refractivity contribution in [1.29, 1.82) is 0 Å². The molecule has 0 aliphatic heterocycles. The highest BCUT2D eigenvalue weighted by atomic mass is 32.1. The predicted octanol–water partition coefficient (Wildman–Crippen LogP) is 28.3. The summed E-state index contributed by atoms with van der Waals surface area (Å²) in [6.07, 6.45) is 0. The summed E-state index contributed by atoms with van der Waals surface area (Å²) in [7, 11) is 0. The van der Waals surface area contributed by atoms with E-state index in [1.807, 2.05) is 96.3 Å². The Hall–Kier alpha value is -14.4. The van der Waals surface area contributed by atoms with Crippen LogP contribution < -0.4 is 0 Å². The van der Waals surface area contributed by atoms with E-state index in [1.54, 1.807) is 11.3 Å². The number of benzene rings is 16. The number of hydrogen-bond donors (Lipinski definition) is 0. The summed E-state index contributed by atoms with van der Waals surface area (Å²) in [5.74, 6) is 3.80. The van der Waals surface area contributed by atoms with Crippen molar-refractivity contribution in [3.63, 3.8) is 0 Å². The molecule has 10 heteroatoms. The Morgan fingerprint density at radius 2 is 0.554 bits per heavy atom. The second-order valence-corrected chi connectivity index (χ2v) is 30.0. The molecule has 22 rings (SSSR count). The molecule has 22 aromatic rings. The molecule has 524 valence electrons. The minimum Gasteiger partial charge on any atom is -0.456 e. The maximum Gasteiger partial charge on any atom is 0.164 e. The van der Waals surface area contributed by atoms with Gasteiger partial charge in [-0.25, -0.2) is 29.9 Å². The second-order valence-electron chi connectivity index (χ2n) is 27.9. The van der Waals surface area contributed by atoms with Gasteiger partial charge in [0, 0.05) is 106 Å². The molecule has 8 nitrogen and oxygen atoms in total. The van der Waals surface area contributed by atoms with Crippen LogP contribution in [0.5, 0.6) is 0 Å². The number of nitrogens with zero attached hydrogens (tertiary/aromatic N) is 6. The van der Waals surface area contributed by atoms with Crippen LogP contribution in [0.15, 0.2) is 385 Å². The molecule has 0 atom stereocenters. The molecule has 0 saturated carbocycles. The predicted molar refractivity (Wildman–Crippen MR) is 465 cm³/mol. The number of thiophene rings is 2. The Balaban J connectivity index is 0.000000145. The van der Waals surface area contributed by atoms with E-state index >= 15 is 0 Å². The van der Waals surface area contributed by atoms with Gasteiger partial charge in [-0.2, -0.15) is 0 Å². The van der Waals surface area contributed by atoms with E-state index in [-0.39, 0.29) is 0 Å². The van der Waals surface area contributed by atoms with Gasteiger partial charge in [0.25, 0.3) is 0 Å². The van der Waals surface area contributed by atoms with Gasteiger partial charge in [-0.3, -0.25) is 0 Å². The monoisotopic (exact) mass is 1470 g/mol. The number of aromatic nitrogens is 6. The summed E-state index contributed by atoms with van der Waals surface area (Å²) in [6, 6.07) is 131. The van der Waals surface area contributed by atoms with Crippen molar-refractivity contribution in [2.45, 2.75) is 0 Å². The summed E-state index contributed by atoms with van der Waals surface area (Å²) < 4.78 is 18.1. The van der Waals surface area contributed by atoms with Gasteiger partial charge in [-0.1, -0.05) is 334 Å². The molecular weight excluding hydrogens is 1410 g/mol. The third kappa shape index (κ3) is 11.9. The molecule has 0 amide bonds. The summed E-state index contributed by atoms with van der Waals surface area (Å²) in [5, 5.41) is 9.27. The zero-order chi connectivity index (χ0) is 74.0. The Labute approximate surface area is 652 Å². The van der Waals surface area contributed by atoms with Gasteiger partial charge in [-0.15, -0.1) is 22.7 Å². The first-order valence-electron chi connectivity index (χ1n) is 37.4. The smallest absolute Gasteiger partial charge is 0.164 e. The van der Waals surface area contributed by atoms with Crippen molar-refractivity contribution in [3.8, 4) is 135 Å². The van der Waals surface area contributed by atoms with E-state index in [0.717, 1.165) is 133 Å². The van der Waals surface area contributed by atoms with Gasteiger partial charge in [0.2, 0.25) is 0 Å². The lowest BCUT2D eigenvalue weighted by Crippen LogP contribution is -2.00. The third-order valence-corrected chi connectivity index (χ3v) is 23.5. The normalized spacial score (nSPS) is 11.6. The zero-order valence-electron chi connectivity index (χ0n) is 60.1. The summed E-state index contributed by atoms with van der Waals surface area (Å²) in [4.78, 5) is 30.5. The van der Waals surface area contributed by atoms with Gasteiger partial charge >= 0.3 is 0 Å². The molecule has 6 aromatic heterocycles. The zero-order valence-corrected chi connectivity index (χ0v) is 61.7. The fourth-order valence-corrected chi connectivity index (χ4v) is 18.2. The minimum absolute atomic E-state index is 0.597. The van der Waals surface area contributed by atoms with E-state index in [2.05, 4.69) is 291 Å². The molecule has 0 spiro atoms. The molecule has 0 bridgehead atoms. The largest absolute Gasteiger partial charge is 0.456 e. The van der Waals surface area contributed by atoms with Crippen LogP contribution in [0.3, 0.4) is 0 Å². The van der Waals surface area contributed by atoms with Crippen LogP contribution in [-0.4, -0.2) is 29.9 Å². The number of fused-ring (bicyclic) bond motifs is 12. The molecule has 0 aliphatic carbocycles. The Kier molecular flexibility index (Phi) is 16.4. The molecular formula is C102H62N6O2S2. The van der Waals surface area contributed by atoms with Crippen LogP contribution in [0, 0.1) is 0 Å². The van der Waals surface area contributed by atoms with Crippen LogP contribution in [0.25, 0.3) is 219 Å². The van der Waals surface area contributed by atoms with E-state index in [4.69, 9.17) is 38.7 Å². The average molecular weight is 1470 g/mol. The number of furan rings is 2. The van der Waals surface area contributed by atoms with Gasteiger partial charge in [0.1, 0.15) is 22.3 Å². The van der Waals surface area contributed by atoms with Gasteiger partial charge < -0.3 is 8.83 Å². The lowest BCUT2D eigenvalue weighted by molar-refractivity contribution is 0.669. The molecule has 0 radical (unpaired) electrons. The summed E-state index contributed by atoms with van der Waals surface area (Å²) in [6.45, 7) is 0. The average Bonchev–Trinajstić information content (AvgIpc) is 1.60. The first-order chi connectivity index (χ1) is 55.5. The van der Waals surface area contributed by atoms with Crippen LogP contribution in [-0.2, 0) is 0 Å². The highest BCUT2D eigenvalue weighted by Gasteiger charge is 2.23. The molecule has 0 aliphatic rings. The Bertz CT molecular complexity index is 7380. The van der Waals surface area contributed by atoms with Gasteiger partial charge in [-0.05, 0) is 98.1 Å². The van der Waals surface area contributed by atoms with Crippen molar-refractivity contribution in [2.75, 3.05) is 0 Å². The first kappa shape index (κ1) is 65.8. The van der Waals surface area contributed by atoms with Crippen molar-refractivity contribution in [1.82, 2.24) is 29.9 Å². The van der Waals surface area contributed by atoms with Crippen molar-refractivity contribution in [3.05, 3.63) is 376 Å². The molecule has 6 heterocycles. The van der Waals surface area contributed by atoms with Crippen molar-refractivity contribution < 1.29 is 8.83 Å². The highest BCUT2D eigenvalue weighted by Crippen LogP contribution is 2.46. The topological polar surface area (TPSA) is 104 Å². The fourth-order valence-electron chi connectivity index (χ4n) is 15.8. The lowest BCUT2D eigenvalue weighted by Gasteiger charge is -2.12. The van der Waals surface area contributed by atoms with Crippen LogP contribution >= 0.6 is 22.7 Å². The number of hydrogen-bond acceptors (Lipinski definition) is 10. The molecule has 0 N–H and O–H groups in total. The number of rotatable bonds is 12. The standard InChI is InChI=1S/C57H35N3O2.C45H27N3S2/c1-3-14-38(15-4-1)43-21-11-23-46-47-24-12-22-45(54(47)62-53(43)46)44-19-8-7-18-42(44)39-32-28-36(29-33-39)37-30-34-41(35-31-37)56-58-55(40-16-5-2-6-17-40)59-57(60-56)49-25-13-27-51-52(49)48-20-9-10-26-50(48)61-51;1-2-12-28(13-3-1)43-46-44(48-45(47-43)37-22-11-25-40-41(37)36-19-5-7-24-39(36)49-40)32-17-9-15-30(27-32)29-14-8-16-31(26-29)33-20-10-21-35-34-18-4-6-23-38(34)50-42(33)35/h1-35H;1-27H. The maximum absolute atomic E-state index is 6.80. The highest BCUT2D eigenvalue weighted by molar-refractivity contribution is 7.26. The molecule has 0 saturated heterocycles. The Morgan fingerprint density at radius 3 is 1.21 bits per heavy atom. The quantitative estimate of drug-likeness (QED) is 0.119. The minimum atomic E-state index is 0.597. The van der Waals surface area contributed by atoms with Gasteiger partial charge in [0.05, 0.1) is 0 Å². The maximum atomic E-state index is 6.80. The molecule has 0 fully saturated rings. The van der Waals surface area contributed by atoms with E-state index in [0.29, 0.717) is 34.9 Å². The van der Waals surface area contributed by atoms with Gasteiger partial charge in [0.15, 0.2) is 34.9 Å². The summed E-state index contributed by atoms with van der Waals surface area (Å²) in [5.41, 5.74) is 22.7. The second kappa shape index (κ2) is 28.0. The first-order valence-corrected chi connectivity index (χ1v) is 39.0. The number of para-hydroxylation sites is 3. The van der Waals surface area contributed by atoms with E-state index < -0.39 is 0 Å². The van der Waals surface area contributed by atoms with Crippen LogP contribution in [0.1, 0.15) is 0 Å². The molecule has 16 aromatic carbocycles.